The Labute approximate surface area is 162 Å². The third kappa shape index (κ3) is 5.49. The number of amides is 1. The van der Waals surface area contributed by atoms with Crippen molar-refractivity contribution < 1.29 is 27.5 Å². The van der Waals surface area contributed by atoms with Gasteiger partial charge in [0.1, 0.15) is 11.8 Å². The highest BCUT2D eigenvalue weighted by Crippen LogP contribution is 2.27. The molecule has 7 nitrogen and oxygen atoms in total. The van der Waals surface area contributed by atoms with Crippen LogP contribution in [-0.2, 0) is 24.2 Å². The van der Waals surface area contributed by atoms with Gasteiger partial charge in [0.15, 0.2) is 9.84 Å². The molecule has 0 N–H and O–H groups in total. The molecule has 10 heteroatoms. The maximum Gasteiger partial charge on any atom is 0.329 e. The molecule has 144 valence electrons. The number of halogens is 2. The molecule has 0 spiro atoms. The van der Waals surface area contributed by atoms with Crippen molar-refractivity contribution >= 4 is 44.9 Å². The third-order valence-electron chi connectivity index (χ3n) is 3.91. The Bertz CT molecular complexity index is 783. The van der Waals surface area contributed by atoms with E-state index in [9.17, 15) is 18.0 Å². The zero-order valence-corrected chi connectivity index (χ0v) is 16.4. The number of rotatable bonds is 6. The van der Waals surface area contributed by atoms with Gasteiger partial charge in [-0.1, -0.05) is 23.2 Å². The van der Waals surface area contributed by atoms with Crippen molar-refractivity contribution in [3.63, 3.8) is 0 Å². The van der Waals surface area contributed by atoms with Crippen molar-refractivity contribution in [1.29, 1.82) is 0 Å². The summed E-state index contributed by atoms with van der Waals surface area (Å²) in [5, 5.41) is 0.863. The molecule has 1 saturated heterocycles. The van der Waals surface area contributed by atoms with Gasteiger partial charge in [-0.3, -0.25) is 4.79 Å². The summed E-state index contributed by atoms with van der Waals surface area (Å²) in [4.78, 5) is 25.5. The van der Waals surface area contributed by atoms with Gasteiger partial charge in [-0.2, -0.15) is 0 Å². The lowest BCUT2D eigenvalue weighted by molar-refractivity contribution is -0.152. The average molecular weight is 424 g/mol. The van der Waals surface area contributed by atoms with Crippen LogP contribution in [0, 0.1) is 0 Å². The van der Waals surface area contributed by atoms with Crippen LogP contribution in [0.4, 0.5) is 0 Å². The third-order valence-corrected chi connectivity index (χ3v) is 6.07. The van der Waals surface area contributed by atoms with Gasteiger partial charge in [-0.05, 0) is 24.6 Å². The van der Waals surface area contributed by atoms with Crippen LogP contribution in [0.1, 0.15) is 12.8 Å². The van der Waals surface area contributed by atoms with E-state index in [0.717, 1.165) is 7.11 Å². The lowest BCUT2D eigenvalue weighted by Gasteiger charge is -2.33. The first-order chi connectivity index (χ1) is 12.2. The Morgan fingerprint density at radius 2 is 2.04 bits per heavy atom. The minimum atomic E-state index is -3.37. The molecule has 1 atom stereocenters. The van der Waals surface area contributed by atoms with E-state index in [1.54, 1.807) is 18.2 Å². The van der Waals surface area contributed by atoms with Crippen LogP contribution in [-0.4, -0.2) is 63.0 Å². The highest BCUT2D eigenvalue weighted by Gasteiger charge is 2.38. The second kappa shape index (κ2) is 8.92. The first kappa shape index (κ1) is 20.8. The number of nitrogens with zero attached hydrogens (tertiary/aromatic N) is 1. The van der Waals surface area contributed by atoms with Crippen LogP contribution >= 0.6 is 23.2 Å². The summed E-state index contributed by atoms with van der Waals surface area (Å²) in [5.74, 6) is -1.17. The fourth-order valence-electron chi connectivity index (χ4n) is 2.58. The van der Waals surface area contributed by atoms with Crippen LogP contribution < -0.4 is 4.74 Å². The largest absolute Gasteiger partial charge is 0.492 e. The standard InChI is InChI=1S/C16H19Cl2NO6S/c1-24-16(21)13-10-26(22,23)8-6-19(13)15(20)3-2-7-25-14-5-4-11(17)9-12(14)18/h4-5,9,13H,2-3,6-8,10H2,1H3/t13-/m0/s1. The molecule has 0 aliphatic carbocycles. The summed E-state index contributed by atoms with van der Waals surface area (Å²) < 4.78 is 33.6. The average Bonchev–Trinajstić information content (AvgIpc) is 2.58. The van der Waals surface area contributed by atoms with Gasteiger partial charge in [-0.15, -0.1) is 0 Å². The molecule has 1 aromatic rings. The molecule has 0 saturated carbocycles. The molecule has 0 aromatic heterocycles. The van der Waals surface area contributed by atoms with Gasteiger partial charge < -0.3 is 14.4 Å². The van der Waals surface area contributed by atoms with Crippen molar-refractivity contribution in [2.24, 2.45) is 0 Å². The van der Waals surface area contributed by atoms with Crippen molar-refractivity contribution in [3.05, 3.63) is 28.2 Å². The monoisotopic (exact) mass is 423 g/mol. The molecule has 0 radical (unpaired) electrons. The quantitative estimate of drug-likeness (QED) is 0.512. The molecule has 1 heterocycles. The van der Waals surface area contributed by atoms with Gasteiger partial charge in [0.2, 0.25) is 5.91 Å². The lowest BCUT2D eigenvalue weighted by atomic mass is 10.2. The number of ether oxygens (including phenoxy) is 2. The van der Waals surface area contributed by atoms with E-state index < -0.39 is 27.6 Å². The number of hydrogen-bond donors (Lipinski definition) is 0. The predicted octanol–water partition coefficient (Wildman–Crippen LogP) is 1.95. The van der Waals surface area contributed by atoms with Crippen LogP contribution in [0.3, 0.4) is 0 Å². The van der Waals surface area contributed by atoms with E-state index in [1.165, 1.54) is 4.90 Å². The number of esters is 1. The molecule has 2 rings (SSSR count). The number of carbonyl (C=O) groups excluding carboxylic acids is 2. The molecule has 1 fully saturated rings. The SMILES string of the molecule is COC(=O)[C@@H]1CS(=O)(=O)CCN1C(=O)CCCOc1ccc(Cl)cc1Cl. The highest BCUT2D eigenvalue weighted by molar-refractivity contribution is 7.91. The van der Waals surface area contributed by atoms with Crippen molar-refractivity contribution in [1.82, 2.24) is 4.90 Å². The Hall–Kier alpha value is -1.51. The topological polar surface area (TPSA) is 90.0 Å². The summed E-state index contributed by atoms with van der Waals surface area (Å²) in [6.07, 6.45) is 0.494. The maximum absolute atomic E-state index is 12.4. The fraction of sp³-hybridized carbons (Fsp3) is 0.500. The number of hydrogen-bond acceptors (Lipinski definition) is 6. The van der Waals surface area contributed by atoms with Crippen LogP contribution in [0.2, 0.25) is 10.0 Å². The Kier molecular flexibility index (Phi) is 7.14. The van der Waals surface area contributed by atoms with Crippen molar-refractivity contribution in [2.45, 2.75) is 18.9 Å². The van der Waals surface area contributed by atoms with E-state index in [4.69, 9.17) is 27.9 Å². The second-order valence-corrected chi connectivity index (χ2v) is 8.84. The molecule has 1 aromatic carbocycles. The molecule has 26 heavy (non-hydrogen) atoms. The van der Waals surface area contributed by atoms with Crippen LogP contribution in [0.5, 0.6) is 5.75 Å². The number of benzene rings is 1. The molecule has 0 bridgehead atoms. The number of carbonyl (C=O) groups is 2. The first-order valence-corrected chi connectivity index (χ1v) is 10.5. The summed E-state index contributed by atoms with van der Waals surface area (Å²) in [6, 6.07) is 3.73. The minimum Gasteiger partial charge on any atom is -0.492 e. The van der Waals surface area contributed by atoms with Gasteiger partial charge in [-0.25, -0.2) is 13.2 Å². The molecule has 1 amide bonds. The van der Waals surface area contributed by atoms with Gasteiger partial charge in [0.25, 0.3) is 0 Å². The van der Waals surface area contributed by atoms with Crippen LogP contribution in [0.15, 0.2) is 18.2 Å². The summed E-state index contributed by atoms with van der Waals surface area (Å²) in [5.41, 5.74) is 0. The first-order valence-electron chi connectivity index (χ1n) is 7.89. The zero-order valence-electron chi connectivity index (χ0n) is 14.1. The molecule has 0 unspecified atom stereocenters. The zero-order chi connectivity index (χ0) is 19.3. The van der Waals surface area contributed by atoms with E-state index in [2.05, 4.69) is 4.74 Å². The number of sulfone groups is 1. The molecular weight excluding hydrogens is 405 g/mol. The van der Waals surface area contributed by atoms with Gasteiger partial charge >= 0.3 is 5.97 Å². The van der Waals surface area contributed by atoms with Gasteiger partial charge in [0, 0.05) is 18.0 Å². The lowest BCUT2D eigenvalue weighted by Crippen LogP contribution is -2.55. The predicted molar refractivity (Wildman–Crippen MR) is 97.4 cm³/mol. The molecule has 1 aliphatic rings. The van der Waals surface area contributed by atoms with Crippen LogP contribution in [0.25, 0.3) is 0 Å². The van der Waals surface area contributed by atoms with Crippen molar-refractivity contribution in [3.8, 4) is 5.75 Å². The summed E-state index contributed by atoms with van der Waals surface area (Å²) in [7, 11) is -2.21. The number of methoxy groups -OCH3 is 1. The second-order valence-electron chi connectivity index (χ2n) is 5.77. The molecule has 1 aliphatic heterocycles. The smallest absolute Gasteiger partial charge is 0.329 e. The minimum absolute atomic E-state index is 0.0230. The highest BCUT2D eigenvalue weighted by atomic mass is 35.5. The normalized spacial score (nSPS) is 19.0. The van der Waals surface area contributed by atoms with E-state index >= 15 is 0 Å². The van der Waals surface area contributed by atoms with E-state index in [0.29, 0.717) is 22.2 Å². The maximum atomic E-state index is 12.4. The fourth-order valence-corrected chi connectivity index (χ4v) is 4.48. The Morgan fingerprint density at radius 3 is 2.69 bits per heavy atom. The Morgan fingerprint density at radius 1 is 1.31 bits per heavy atom. The van der Waals surface area contributed by atoms with Gasteiger partial charge in [0.05, 0.1) is 30.2 Å². The molecular formula is C16H19Cl2NO6S. The van der Waals surface area contributed by atoms with Crippen molar-refractivity contribution in [2.75, 3.05) is 31.8 Å². The Balaban J connectivity index is 1.88. The van der Waals surface area contributed by atoms with E-state index in [-0.39, 0.29) is 31.2 Å². The van der Waals surface area contributed by atoms with E-state index in [1.807, 2.05) is 0 Å². The summed E-state index contributed by atoms with van der Waals surface area (Å²) >= 11 is 11.8. The summed E-state index contributed by atoms with van der Waals surface area (Å²) in [6.45, 7) is 0.215.